The summed E-state index contributed by atoms with van der Waals surface area (Å²) in [5, 5.41) is 7.71. The number of pyridine rings is 1. The van der Waals surface area contributed by atoms with E-state index in [1.54, 1.807) is 0 Å². The van der Waals surface area contributed by atoms with E-state index in [0.717, 1.165) is 37.0 Å². The van der Waals surface area contributed by atoms with Crippen LogP contribution in [0.5, 0.6) is 0 Å². The number of fused-ring (bicyclic) bond motifs is 2. The number of aromatic nitrogens is 1. The van der Waals surface area contributed by atoms with Crippen LogP contribution < -0.4 is 16.1 Å². The van der Waals surface area contributed by atoms with E-state index in [4.69, 9.17) is 0 Å². The number of benzene rings is 2. The van der Waals surface area contributed by atoms with Gasteiger partial charge in [-0.1, -0.05) is 24.3 Å². The van der Waals surface area contributed by atoms with Crippen LogP contribution in [0.15, 0.2) is 53.3 Å². The van der Waals surface area contributed by atoms with Crippen molar-refractivity contribution in [3.8, 4) is 0 Å². The average Bonchev–Trinajstić information content (AvgIpc) is 2.66. The van der Waals surface area contributed by atoms with Gasteiger partial charge in [-0.3, -0.25) is 9.59 Å². The summed E-state index contributed by atoms with van der Waals surface area (Å²) < 4.78 is 1.94. The lowest BCUT2D eigenvalue weighted by molar-refractivity contribution is -0.122. The molecule has 0 radical (unpaired) electrons. The quantitative estimate of drug-likeness (QED) is 0.720. The van der Waals surface area contributed by atoms with E-state index in [2.05, 4.69) is 10.6 Å². The van der Waals surface area contributed by atoms with Crippen molar-refractivity contribution in [1.82, 2.24) is 15.2 Å². The van der Waals surface area contributed by atoms with Crippen LogP contribution in [0.4, 0.5) is 0 Å². The number of amides is 1. The maximum atomic E-state index is 12.7. The van der Waals surface area contributed by atoms with Crippen LogP contribution in [-0.4, -0.2) is 29.6 Å². The fourth-order valence-corrected chi connectivity index (χ4v) is 3.64. The third-order valence-electron chi connectivity index (χ3n) is 4.84. The molecule has 1 atom stereocenters. The van der Waals surface area contributed by atoms with Gasteiger partial charge in [-0.2, -0.15) is 0 Å². The highest BCUT2D eigenvalue weighted by Gasteiger charge is 2.17. The molecule has 1 amide bonds. The first kappa shape index (κ1) is 15.8. The molecule has 1 aromatic heterocycles. The van der Waals surface area contributed by atoms with Gasteiger partial charge in [0.1, 0.15) is 6.54 Å². The number of nitrogens with zero attached hydrogens (tertiary/aromatic N) is 1. The van der Waals surface area contributed by atoms with Gasteiger partial charge in [-0.05, 0) is 43.7 Å². The summed E-state index contributed by atoms with van der Waals surface area (Å²) in [5.41, 5.74) is 1.60. The second-order valence-corrected chi connectivity index (χ2v) is 6.56. The van der Waals surface area contributed by atoms with Gasteiger partial charge in [-0.15, -0.1) is 0 Å². The standard InChI is InChI=1S/C20H21N3O2/c24-19(22-14-6-5-11-21-12-14)13-23-17-9-3-1-7-15(17)20(25)16-8-2-4-10-18(16)23/h1-4,7-10,14,21H,5-6,11-13H2,(H,22,24)/t14-/m0/s1. The van der Waals surface area contributed by atoms with E-state index in [9.17, 15) is 9.59 Å². The summed E-state index contributed by atoms with van der Waals surface area (Å²) in [7, 11) is 0. The molecule has 1 aliphatic heterocycles. The van der Waals surface area contributed by atoms with Crippen LogP contribution in [0, 0.1) is 0 Å². The zero-order chi connectivity index (χ0) is 17.2. The summed E-state index contributed by atoms with van der Waals surface area (Å²) in [4.78, 5) is 25.3. The lowest BCUT2D eigenvalue weighted by Gasteiger charge is -2.24. The van der Waals surface area contributed by atoms with Crippen LogP contribution in [0.25, 0.3) is 21.8 Å². The SMILES string of the molecule is O=C(Cn1c2ccccc2c(=O)c2ccccc21)N[C@H]1CCCNC1. The normalized spacial score (nSPS) is 17.7. The third kappa shape index (κ3) is 3.03. The third-order valence-corrected chi connectivity index (χ3v) is 4.84. The van der Waals surface area contributed by atoms with Crippen LogP contribution in [0.2, 0.25) is 0 Å². The molecule has 0 unspecified atom stereocenters. The Balaban J connectivity index is 1.75. The number of para-hydroxylation sites is 2. The first-order valence-corrected chi connectivity index (χ1v) is 8.74. The van der Waals surface area contributed by atoms with Crippen molar-refractivity contribution < 1.29 is 4.79 Å². The molecule has 3 aromatic rings. The Bertz CT molecular complexity index is 927. The van der Waals surface area contributed by atoms with Crippen molar-refractivity contribution in [2.45, 2.75) is 25.4 Å². The Kier molecular flexibility index (Phi) is 4.24. The van der Waals surface area contributed by atoms with Crippen molar-refractivity contribution >= 4 is 27.7 Å². The van der Waals surface area contributed by atoms with E-state index < -0.39 is 0 Å². The smallest absolute Gasteiger partial charge is 0.240 e. The van der Waals surface area contributed by atoms with Gasteiger partial charge in [0.2, 0.25) is 5.91 Å². The summed E-state index contributed by atoms with van der Waals surface area (Å²) in [6, 6.07) is 15.1. The van der Waals surface area contributed by atoms with Crippen LogP contribution >= 0.6 is 0 Å². The van der Waals surface area contributed by atoms with Gasteiger partial charge >= 0.3 is 0 Å². The number of piperidine rings is 1. The Morgan fingerprint density at radius 1 is 1.08 bits per heavy atom. The van der Waals surface area contributed by atoms with Crippen molar-refractivity contribution in [3.05, 3.63) is 58.8 Å². The Hall–Kier alpha value is -2.66. The Morgan fingerprint density at radius 2 is 1.72 bits per heavy atom. The van der Waals surface area contributed by atoms with Crippen molar-refractivity contribution in [2.24, 2.45) is 0 Å². The molecule has 5 heteroatoms. The molecule has 2 aromatic carbocycles. The fourth-order valence-electron chi connectivity index (χ4n) is 3.64. The van der Waals surface area contributed by atoms with Gasteiger partial charge in [0.25, 0.3) is 0 Å². The van der Waals surface area contributed by atoms with Gasteiger partial charge in [0.15, 0.2) is 5.43 Å². The van der Waals surface area contributed by atoms with Gasteiger partial charge in [0.05, 0.1) is 11.0 Å². The van der Waals surface area contributed by atoms with Gasteiger partial charge in [0, 0.05) is 23.4 Å². The highest BCUT2D eigenvalue weighted by atomic mass is 16.2. The minimum Gasteiger partial charge on any atom is -0.351 e. The summed E-state index contributed by atoms with van der Waals surface area (Å²) >= 11 is 0. The Morgan fingerprint density at radius 3 is 2.32 bits per heavy atom. The van der Waals surface area contributed by atoms with E-state index >= 15 is 0 Å². The topological polar surface area (TPSA) is 63.1 Å². The number of carbonyl (C=O) groups is 1. The molecule has 1 aliphatic rings. The highest BCUT2D eigenvalue weighted by Crippen LogP contribution is 2.19. The number of hydrogen-bond donors (Lipinski definition) is 2. The first-order valence-electron chi connectivity index (χ1n) is 8.74. The average molecular weight is 335 g/mol. The monoisotopic (exact) mass is 335 g/mol. The Labute approximate surface area is 145 Å². The van der Waals surface area contributed by atoms with E-state index in [1.807, 2.05) is 53.1 Å². The summed E-state index contributed by atoms with van der Waals surface area (Å²) in [6.45, 7) is 2.04. The second-order valence-electron chi connectivity index (χ2n) is 6.56. The zero-order valence-electron chi connectivity index (χ0n) is 14.0. The number of hydrogen-bond acceptors (Lipinski definition) is 3. The highest BCUT2D eigenvalue weighted by molar-refractivity contribution is 5.94. The van der Waals surface area contributed by atoms with E-state index in [1.165, 1.54) is 0 Å². The molecule has 2 heterocycles. The molecule has 2 N–H and O–H groups in total. The van der Waals surface area contributed by atoms with Gasteiger partial charge in [-0.25, -0.2) is 0 Å². The second kappa shape index (κ2) is 6.69. The molecule has 1 saturated heterocycles. The minimum atomic E-state index is -0.0207. The number of carbonyl (C=O) groups excluding carboxylic acids is 1. The lowest BCUT2D eigenvalue weighted by Crippen LogP contribution is -2.46. The lowest BCUT2D eigenvalue weighted by atomic mass is 10.1. The molecule has 5 nitrogen and oxygen atoms in total. The predicted octanol–water partition coefficient (Wildman–Crippen LogP) is 2.02. The zero-order valence-corrected chi connectivity index (χ0v) is 14.0. The van der Waals surface area contributed by atoms with Crippen molar-refractivity contribution in [1.29, 1.82) is 0 Å². The largest absolute Gasteiger partial charge is 0.351 e. The molecule has 0 saturated carbocycles. The molecule has 1 fully saturated rings. The summed E-state index contributed by atoms with van der Waals surface area (Å²) in [6.07, 6.45) is 2.08. The fraction of sp³-hybridized carbons (Fsp3) is 0.300. The minimum absolute atomic E-state index is 0.0133. The molecule has 25 heavy (non-hydrogen) atoms. The molecule has 4 rings (SSSR count). The van der Waals surface area contributed by atoms with Crippen molar-refractivity contribution in [3.63, 3.8) is 0 Å². The van der Waals surface area contributed by atoms with E-state index in [0.29, 0.717) is 10.8 Å². The van der Waals surface area contributed by atoms with Crippen LogP contribution in [-0.2, 0) is 11.3 Å². The molecular formula is C20H21N3O2. The number of nitrogens with one attached hydrogen (secondary N) is 2. The molecule has 0 spiro atoms. The molecule has 128 valence electrons. The van der Waals surface area contributed by atoms with E-state index in [-0.39, 0.29) is 23.9 Å². The maximum absolute atomic E-state index is 12.7. The van der Waals surface area contributed by atoms with Gasteiger partial charge < -0.3 is 15.2 Å². The summed E-state index contributed by atoms with van der Waals surface area (Å²) in [5.74, 6) is -0.0207. The molecule has 0 aliphatic carbocycles. The number of rotatable bonds is 3. The van der Waals surface area contributed by atoms with Crippen LogP contribution in [0.1, 0.15) is 12.8 Å². The maximum Gasteiger partial charge on any atom is 0.240 e. The van der Waals surface area contributed by atoms with Crippen molar-refractivity contribution in [2.75, 3.05) is 13.1 Å². The van der Waals surface area contributed by atoms with Crippen LogP contribution in [0.3, 0.4) is 0 Å². The molecular weight excluding hydrogens is 314 g/mol. The molecule has 0 bridgehead atoms. The predicted molar refractivity (Wildman–Crippen MR) is 99.7 cm³/mol. The first-order chi connectivity index (χ1) is 12.2.